The minimum Gasteiger partial charge on any atom is -0.370 e. The van der Waals surface area contributed by atoms with E-state index < -0.39 is 0 Å². The van der Waals surface area contributed by atoms with Crippen LogP contribution in [-0.2, 0) is 6.42 Å². The van der Waals surface area contributed by atoms with Crippen molar-refractivity contribution >= 4 is 17.3 Å². The fraction of sp³-hybridized carbons (Fsp3) is 0.267. The smallest absolute Gasteiger partial charge is 0.136 e. The third-order valence-corrected chi connectivity index (χ3v) is 2.71. The Morgan fingerprint density at radius 2 is 1.95 bits per heavy atom. The predicted octanol–water partition coefficient (Wildman–Crippen LogP) is 3.09. The molecule has 1 heterocycles. The maximum Gasteiger partial charge on any atom is 0.136 e. The highest BCUT2D eigenvalue weighted by molar-refractivity contribution is 5.60. The lowest BCUT2D eigenvalue weighted by molar-refractivity contribution is 0.939. The van der Waals surface area contributed by atoms with Gasteiger partial charge in [0.2, 0.25) is 0 Å². The van der Waals surface area contributed by atoms with E-state index in [1.165, 1.54) is 0 Å². The molecule has 2 rings (SSSR count). The van der Waals surface area contributed by atoms with Gasteiger partial charge in [-0.2, -0.15) is 5.26 Å². The summed E-state index contributed by atoms with van der Waals surface area (Å²) in [6.45, 7) is 4.85. The van der Waals surface area contributed by atoms with E-state index in [-0.39, 0.29) is 0 Å². The molecule has 5 nitrogen and oxygen atoms in total. The van der Waals surface area contributed by atoms with Gasteiger partial charge in [0.05, 0.1) is 11.6 Å². The molecule has 0 saturated heterocycles. The van der Waals surface area contributed by atoms with Crippen molar-refractivity contribution in [2.24, 2.45) is 0 Å². The highest BCUT2D eigenvalue weighted by Gasteiger charge is 2.04. The van der Waals surface area contributed by atoms with E-state index in [2.05, 4.69) is 26.7 Å². The summed E-state index contributed by atoms with van der Waals surface area (Å²) in [6.07, 6.45) is 0.770. The second-order valence-corrected chi connectivity index (χ2v) is 4.26. The molecule has 0 fully saturated rings. The van der Waals surface area contributed by atoms with Crippen LogP contribution in [0.4, 0.5) is 17.3 Å². The molecule has 1 aromatic carbocycles. The maximum absolute atomic E-state index is 8.91. The molecule has 102 valence electrons. The molecule has 0 radical (unpaired) electrons. The molecule has 2 N–H and O–H groups in total. The number of nitrogens with one attached hydrogen (secondary N) is 2. The Morgan fingerprint density at radius 3 is 2.65 bits per heavy atom. The molecule has 0 aliphatic heterocycles. The zero-order valence-electron chi connectivity index (χ0n) is 11.6. The third kappa shape index (κ3) is 3.45. The van der Waals surface area contributed by atoms with Gasteiger partial charge in [-0.25, -0.2) is 9.97 Å². The summed E-state index contributed by atoms with van der Waals surface area (Å²) in [7, 11) is 0. The van der Waals surface area contributed by atoms with Crippen molar-refractivity contribution in [1.29, 1.82) is 5.26 Å². The van der Waals surface area contributed by atoms with Gasteiger partial charge in [0.1, 0.15) is 17.5 Å². The molecule has 0 unspecified atom stereocenters. The molecule has 0 amide bonds. The standard InChI is InChI=1S/C15H17N5/c1-3-13-19-14(17-4-2)9-15(20-13)18-12-7-5-6-11(8-12)10-16/h5-9H,3-4H2,1-2H3,(H2,17,18,19,20). The minimum atomic E-state index is 0.617. The van der Waals surface area contributed by atoms with Crippen LogP contribution in [0.2, 0.25) is 0 Å². The van der Waals surface area contributed by atoms with Gasteiger partial charge in [-0.3, -0.25) is 0 Å². The van der Waals surface area contributed by atoms with Crippen molar-refractivity contribution in [3.05, 3.63) is 41.7 Å². The Hall–Kier alpha value is -2.61. The Morgan fingerprint density at radius 1 is 1.15 bits per heavy atom. The monoisotopic (exact) mass is 267 g/mol. The Balaban J connectivity index is 2.27. The summed E-state index contributed by atoms with van der Waals surface area (Å²) in [5, 5.41) is 15.3. The molecule has 20 heavy (non-hydrogen) atoms. The zero-order chi connectivity index (χ0) is 14.4. The topological polar surface area (TPSA) is 73.6 Å². The van der Waals surface area contributed by atoms with Crippen molar-refractivity contribution in [3.63, 3.8) is 0 Å². The largest absolute Gasteiger partial charge is 0.370 e. The average molecular weight is 267 g/mol. The Labute approximate surface area is 118 Å². The molecule has 0 atom stereocenters. The first-order chi connectivity index (χ1) is 9.75. The van der Waals surface area contributed by atoms with Crippen LogP contribution < -0.4 is 10.6 Å². The summed E-state index contributed by atoms with van der Waals surface area (Å²) >= 11 is 0. The lowest BCUT2D eigenvalue weighted by Gasteiger charge is -2.10. The molecule has 0 saturated carbocycles. The first kappa shape index (κ1) is 13.8. The molecule has 0 aliphatic carbocycles. The van der Waals surface area contributed by atoms with Crippen LogP contribution in [0.5, 0.6) is 0 Å². The van der Waals surface area contributed by atoms with E-state index in [1.807, 2.05) is 32.0 Å². The van der Waals surface area contributed by atoms with Gasteiger partial charge >= 0.3 is 0 Å². The third-order valence-electron chi connectivity index (χ3n) is 2.71. The molecular formula is C15H17N5. The van der Waals surface area contributed by atoms with Gasteiger partial charge in [0.15, 0.2) is 0 Å². The van der Waals surface area contributed by atoms with Gasteiger partial charge in [-0.15, -0.1) is 0 Å². The molecule has 0 bridgehead atoms. The van der Waals surface area contributed by atoms with Gasteiger partial charge in [-0.1, -0.05) is 13.0 Å². The van der Waals surface area contributed by atoms with Crippen LogP contribution >= 0.6 is 0 Å². The van der Waals surface area contributed by atoms with E-state index in [0.717, 1.165) is 36.1 Å². The average Bonchev–Trinajstić information content (AvgIpc) is 2.47. The van der Waals surface area contributed by atoms with Crippen LogP contribution in [0, 0.1) is 11.3 Å². The zero-order valence-corrected chi connectivity index (χ0v) is 11.6. The molecule has 0 aliphatic rings. The maximum atomic E-state index is 8.91. The summed E-state index contributed by atoms with van der Waals surface area (Å²) in [4.78, 5) is 8.84. The molecule has 0 spiro atoms. The van der Waals surface area contributed by atoms with Gasteiger partial charge in [-0.05, 0) is 25.1 Å². The van der Waals surface area contributed by atoms with Crippen LogP contribution in [0.15, 0.2) is 30.3 Å². The fourth-order valence-electron chi connectivity index (χ4n) is 1.81. The molecular weight excluding hydrogens is 250 g/mol. The summed E-state index contributed by atoms with van der Waals surface area (Å²) in [5.74, 6) is 2.31. The number of aromatic nitrogens is 2. The van der Waals surface area contributed by atoms with Crippen molar-refractivity contribution in [3.8, 4) is 6.07 Å². The number of hydrogen-bond acceptors (Lipinski definition) is 5. The van der Waals surface area contributed by atoms with Gasteiger partial charge in [0, 0.05) is 24.7 Å². The first-order valence-electron chi connectivity index (χ1n) is 6.64. The molecule has 1 aromatic heterocycles. The minimum absolute atomic E-state index is 0.617. The van der Waals surface area contributed by atoms with E-state index in [9.17, 15) is 0 Å². The van der Waals surface area contributed by atoms with Gasteiger partial charge < -0.3 is 10.6 Å². The Kier molecular flexibility index (Phi) is 4.51. The number of benzene rings is 1. The van der Waals surface area contributed by atoms with Gasteiger partial charge in [0.25, 0.3) is 0 Å². The fourth-order valence-corrected chi connectivity index (χ4v) is 1.81. The van der Waals surface area contributed by atoms with E-state index in [4.69, 9.17) is 5.26 Å². The van der Waals surface area contributed by atoms with E-state index >= 15 is 0 Å². The van der Waals surface area contributed by atoms with Crippen molar-refractivity contribution < 1.29 is 0 Å². The SMILES string of the molecule is CCNc1cc(Nc2cccc(C#N)c2)nc(CC)n1. The number of aryl methyl sites for hydroxylation is 1. The van der Waals surface area contributed by atoms with Crippen LogP contribution in [0.1, 0.15) is 25.2 Å². The van der Waals surface area contributed by atoms with E-state index in [0.29, 0.717) is 5.56 Å². The number of rotatable bonds is 5. The summed E-state index contributed by atoms with van der Waals surface area (Å²) in [6, 6.07) is 11.3. The highest BCUT2D eigenvalue weighted by Crippen LogP contribution is 2.18. The van der Waals surface area contributed by atoms with Crippen molar-refractivity contribution in [2.75, 3.05) is 17.2 Å². The predicted molar refractivity (Wildman–Crippen MR) is 80.0 cm³/mol. The normalized spacial score (nSPS) is 9.85. The van der Waals surface area contributed by atoms with Crippen molar-refractivity contribution in [2.45, 2.75) is 20.3 Å². The summed E-state index contributed by atoms with van der Waals surface area (Å²) in [5.41, 5.74) is 1.46. The number of nitrogens with zero attached hydrogens (tertiary/aromatic N) is 3. The quantitative estimate of drug-likeness (QED) is 0.870. The second-order valence-electron chi connectivity index (χ2n) is 4.26. The van der Waals surface area contributed by atoms with Crippen LogP contribution in [-0.4, -0.2) is 16.5 Å². The van der Waals surface area contributed by atoms with Crippen LogP contribution in [0.25, 0.3) is 0 Å². The lowest BCUT2D eigenvalue weighted by Crippen LogP contribution is -2.05. The number of anilines is 3. The van der Waals surface area contributed by atoms with Crippen molar-refractivity contribution in [1.82, 2.24) is 9.97 Å². The second kappa shape index (κ2) is 6.53. The van der Waals surface area contributed by atoms with E-state index in [1.54, 1.807) is 12.1 Å². The summed E-state index contributed by atoms with van der Waals surface area (Å²) < 4.78 is 0. The first-order valence-corrected chi connectivity index (χ1v) is 6.64. The molecule has 5 heteroatoms. The number of hydrogen-bond donors (Lipinski definition) is 2. The highest BCUT2D eigenvalue weighted by atomic mass is 15.1. The number of nitriles is 1. The van der Waals surface area contributed by atoms with Crippen LogP contribution in [0.3, 0.4) is 0 Å². The molecule has 2 aromatic rings. The Bertz CT molecular complexity index is 630. The lowest BCUT2D eigenvalue weighted by atomic mass is 10.2.